The fourth-order valence-electron chi connectivity index (χ4n) is 4.30. The lowest BCUT2D eigenvalue weighted by Gasteiger charge is -2.35. The zero-order valence-electron chi connectivity index (χ0n) is 22.4. The number of carbonyl (C=O) groups excluding carboxylic acids is 2. The number of ether oxygens (including phenoxy) is 1. The minimum absolute atomic E-state index is 0.239. The van der Waals surface area contributed by atoms with E-state index in [-0.39, 0.29) is 30.6 Å². The lowest BCUT2D eigenvalue weighted by molar-refractivity contribution is -0.146. The molecule has 1 aromatic heterocycles. The molecule has 5 atom stereocenters. The minimum atomic E-state index is -1.27. The van der Waals surface area contributed by atoms with E-state index in [0.29, 0.717) is 31.0 Å². The maximum Gasteiger partial charge on any atom is 0.223 e. The molecular weight excluding hydrogens is 460 g/mol. The first kappa shape index (κ1) is 29.7. The lowest BCUT2D eigenvalue weighted by atomic mass is 9.72. The van der Waals surface area contributed by atoms with Crippen LogP contribution in [-0.4, -0.2) is 57.8 Å². The van der Waals surface area contributed by atoms with E-state index in [1.807, 2.05) is 19.9 Å². The molecule has 1 amide bonds. The summed E-state index contributed by atoms with van der Waals surface area (Å²) in [6.07, 6.45) is 5.33. The highest BCUT2D eigenvalue weighted by atomic mass is 16.5. The predicted molar refractivity (Wildman–Crippen MR) is 139 cm³/mol. The molecule has 8 nitrogen and oxygen atoms in total. The Morgan fingerprint density at radius 1 is 1.31 bits per heavy atom. The summed E-state index contributed by atoms with van der Waals surface area (Å²) < 4.78 is 11.2. The zero-order valence-corrected chi connectivity index (χ0v) is 22.4. The van der Waals surface area contributed by atoms with Crippen LogP contribution >= 0.6 is 0 Å². The van der Waals surface area contributed by atoms with Crippen molar-refractivity contribution < 1.29 is 29.0 Å². The number of aliphatic hydroxyl groups excluding tert-OH is 2. The van der Waals surface area contributed by atoms with Crippen molar-refractivity contribution in [2.24, 2.45) is 11.3 Å². The summed E-state index contributed by atoms with van der Waals surface area (Å²) in [4.78, 5) is 30.8. The van der Waals surface area contributed by atoms with Crippen LogP contribution in [-0.2, 0) is 14.3 Å². The number of hydrogen-bond donors (Lipinski definition) is 3. The number of Topliss-reactive ketones (excluding diaryl/α,β-unsaturated/α-hetero) is 1. The summed E-state index contributed by atoms with van der Waals surface area (Å²) in [6.45, 7) is 14.7. The van der Waals surface area contributed by atoms with Crippen molar-refractivity contribution in [2.45, 2.75) is 91.6 Å². The number of nitrogens with zero attached hydrogens (tertiary/aromatic N) is 1. The largest absolute Gasteiger partial charge is 0.449 e. The minimum Gasteiger partial charge on any atom is -0.449 e. The Bertz CT molecular complexity index is 976. The van der Waals surface area contributed by atoms with E-state index < -0.39 is 29.6 Å². The summed E-state index contributed by atoms with van der Waals surface area (Å²) >= 11 is 0. The van der Waals surface area contributed by atoms with Gasteiger partial charge in [-0.15, -0.1) is 6.58 Å². The molecule has 0 saturated carbocycles. The van der Waals surface area contributed by atoms with Crippen LogP contribution in [0.2, 0.25) is 0 Å². The Kier molecular flexibility index (Phi) is 10.8. The van der Waals surface area contributed by atoms with Crippen LogP contribution in [0.3, 0.4) is 0 Å². The normalized spacial score (nSPS) is 30.8. The van der Waals surface area contributed by atoms with Crippen LogP contribution in [0.25, 0.3) is 6.08 Å². The number of rotatable bonds is 4. The van der Waals surface area contributed by atoms with Crippen molar-refractivity contribution in [3.05, 3.63) is 47.7 Å². The standard InChI is InChI=1S/C28H42N2O6/c1-8-9-22-26(33)19(4)35-13-12-17(2)10-11-23(18(3)14-21-16-36-20(5)29-21)30-25(32)15-24(31)28(6,7)27(22)34/h8,10,14,16,19,22-24,26,31,33H,1,9,11-13,15H2,2-7H3,(H,30,32)/b17-10-,18-14+/t19-,22-,23+,24+,26-/m1/s1. The van der Waals surface area contributed by atoms with Gasteiger partial charge in [-0.1, -0.05) is 31.6 Å². The maximum atomic E-state index is 13.5. The molecule has 1 aliphatic heterocycles. The second kappa shape index (κ2) is 13.1. The second-order valence-electron chi connectivity index (χ2n) is 10.3. The number of ketones is 1. The number of aromatic nitrogens is 1. The number of amides is 1. The van der Waals surface area contributed by atoms with Gasteiger partial charge in [-0.05, 0) is 51.7 Å². The Balaban J connectivity index is 2.37. The number of nitrogens with one attached hydrogen (secondary N) is 1. The molecule has 0 aliphatic carbocycles. The van der Waals surface area contributed by atoms with Gasteiger partial charge in [0.25, 0.3) is 0 Å². The van der Waals surface area contributed by atoms with E-state index in [0.717, 1.165) is 11.1 Å². The number of hydrogen-bond acceptors (Lipinski definition) is 7. The summed E-state index contributed by atoms with van der Waals surface area (Å²) in [5.74, 6) is -0.953. The summed E-state index contributed by atoms with van der Waals surface area (Å²) in [6, 6.07) is -0.335. The molecule has 0 spiro atoms. The van der Waals surface area contributed by atoms with Gasteiger partial charge in [0.05, 0.1) is 48.7 Å². The molecule has 3 N–H and O–H groups in total. The van der Waals surface area contributed by atoms with Crippen molar-refractivity contribution in [1.82, 2.24) is 10.3 Å². The van der Waals surface area contributed by atoms with Crippen LogP contribution in [0.15, 0.2) is 40.6 Å². The molecule has 0 fully saturated rings. The van der Waals surface area contributed by atoms with Gasteiger partial charge >= 0.3 is 0 Å². The molecular formula is C28H42N2O6. The van der Waals surface area contributed by atoms with Gasteiger partial charge < -0.3 is 24.7 Å². The molecule has 0 radical (unpaired) electrons. The van der Waals surface area contributed by atoms with Crippen molar-refractivity contribution >= 4 is 17.8 Å². The first-order chi connectivity index (χ1) is 16.9. The number of carbonyl (C=O) groups is 2. The van der Waals surface area contributed by atoms with Crippen LogP contribution in [0.5, 0.6) is 0 Å². The molecule has 0 aromatic carbocycles. The van der Waals surface area contributed by atoms with Gasteiger partial charge in [0.1, 0.15) is 17.7 Å². The summed E-state index contributed by atoms with van der Waals surface area (Å²) in [7, 11) is 0. The Morgan fingerprint density at radius 2 is 2.00 bits per heavy atom. The predicted octanol–water partition coefficient (Wildman–Crippen LogP) is 3.92. The molecule has 0 bridgehead atoms. The average Bonchev–Trinajstić information content (AvgIpc) is 3.22. The van der Waals surface area contributed by atoms with Crippen LogP contribution in [0.4, 0.5) is 0 Å². The van der Waals surface area contributed by atoms with Crippen molar-refractivity contribution in [3.63, 3.8) is 0 Å². The van der Waals surface area contributed by atoms with E-state index >= 15 is 0 Å². The van der Waals surface area contributed by atoms with Crippen LogP contribution in [0, 0.1) is 18.3 Å². The molecule has 1 aromatic rings. The lowest BCUT2D eigenvalue weighted by Crippen LogP contribution is -2.49. The third-order valence-corrected chi connectivity index (χ3v) is 6.97. The quantitative estimate of drug-likeness (QED) is 0.534. The Hall–Kier alpha value is -2.55. The van der Waals surface area contributed by atoms with Gasteiger partial charge in [0, 0.05) is 6.92 Å². The summed E-state index contributed by atoms with van der Waals surface area (Å²) in [5.41, 5.74) is 1.35. The van der Waals surface area contributed by atoms with Crippen molar-refractivity contribution in [2.75, 3.05) is 6.61 Å². The Labute approximate surface area is 214 Å². The zero-order chi connectivity index (χ0) is 27.0. The molecule has 200 valence electrons. The first-order valence-corrected chi connectivity index (χ1v) is 12.5. The molecule has 36 heavy (non-hydrogen) atoms. The topological polar surface area (TPSA) is 122 Å². The smallest absolute Gasteiger partial charge is 0.223 e. The fourth-order valence-corrected chi connectivity index (χ4v) is 4.30. The number of allylic oxidation sites excluding steroid dienone is 1. The second-order valence-corrected chi connectivity index (χ2v) is 10.3. The monoisotopic (exact) mass is 502 g/mol. The van der Waals surface area contributed by atoms with Gasteiger partial charge in [-0.2, -0.15) is 0 Å². The van der Waals surface area contributed by atoms with E-state index in [9.17, 15) is 19.8 Å². The van der Waals surface area contributed by atoms with E-state index in [4.69, 9.17) is 9.15 Å². The highest BCUT2D eigenvalue weighted by Crippen LogP contribution is 2.32. The number of aliphatic hydroxyl groups is 2. The van der Waals surface area contributed by atoms with Crippen molar-refractivity contribution in [1.29, 1.82) is 0 Å². The van der Waals surface area contributed by atoms with Gasteiger partial charge in [0.2, 0.25) is 5.91 Å². The van der Waals surface area contributed by atoms with Gasteiger partial charge in [-0.25, -0.2) is 4.98 Å². The van der Waals surface area contributed by atoms with Crippen molar-refractivity contribution in [3.8, 4) is 0 Å². The molecule has 1 aliphatic rings. The van der Waals surface area contributed by atoms with Gasteiger partial charge in [-0.3, -0.25) is 9.59 Å². The first-order valence-electron chi connectivity index (χ1n) is 12.5. The highest BCUT2D eigenvalue weighted by Gasteiger charge is 2.43. The van der Waals surface area contributed by atoms with Crippen LogP contribution in [0.1, 0.15) is 71.9 Å². The summed E-state index contributed by atoms with van der Waals surface area (Å²) in [5, 5.41) is 24.9. The highest BCUT2D eigenvalue weighted by molar-refractivity contribution is 5.88. The van der Waals surface area contributed by atoms with E-state index in [1.165, 1.54) is 0 Å². The molecule has 2 rings (SSSR count). The number of aryl methyl sites for hydroxylation is 1. The van der Waals surface area contributed by atoms with Crippen LogP contribution < -0.4 is 5.32 Å². The third kappa shape index (κ3) is 7.98. The van der Waals surface area contributed by atoms with E-state index in [2.05, 4.69) is 23.0 Å². The molecule has 2 heterocycles. The SMILES string of the molecule is C=CC[C@H]1C(=O)C(C)(C)[C@@H](O)CC(=O)N[C@H](/C(C)=C/c2coc(C)n2)C/C=C(/C)CCO[C@H](C)[C@H]1O. The average molecular weight is 503 g/mol. The third-order valence-electron chi connectivity index (χ3n) is 6.97. The van der Waals surface area contributed by atoms with Gasteiger partial charge in [0.15, 0.2) is 5.89 Å². The maximum absolute atomic E-state index is 13.5. The fraction of sp³-hybridized carbons (Fsp3) is 0.607. The molecule has 8 heteroatoms. The molecule has 0 saturated heterocycles. The number of oxazole rings is 1. The van der Waals surface area contributed by atoms with E-state index in [1.54, 1.807) is 40.0 Å². The Morgan fingerprint density at radius 3 is 2.61 bits per heavy atom. The molecule has 0 unspecified atom stereocenters.